The van der Waals surface area contributed by atoms with E-state index >= 15 is 0 Å². The fourth-order valence-corrected chi connectivity index (χ4v) is 4.60. The molecule has 0 bridgehead atoms. The molecule has 0 saturated heterocycles. The number of hydrogen-bond donors (Lipinski definition) is 3. The van der Waals surface area contributed by atoms with E-state index in [0.717, 1.165) is 5.56 Å². The van der Waals surface area contributed by atoms with Crippen LogP contribution in [0.25, 0.3) is 0 Å². The van der Waals surface area contributed by atoms with E-state index in [1.807, 2.05) is 12.1 Å². The summed E-state index contributed by atoms with van der Waals surface area (Å²) in [5.41, 5.74) is 8.33. The molecule has 0 aliphatic carbocycles. The van der Waals surface area contributed by atoms with Crippen LogP contribution in [0, 0.1) is 11.8 Å². The number of pyridine rings is 1. The van der Waals surface area contributed by atoms with Crippen LogP contribution in [-0.2, 0) is 11.3 Å². The number of aromatic hydroxyl groups is 1. The summed E-state index contributed by atoms with van der Waals surface area (Å²) in [4.78, 5) is 36.4. The maximum absolute atomic E-state index is 13.5. The number of nitrogens with two attached hydrogens (primary N) is 1. The van der Waals surface area contributed by atoms with Gasteiger partial charge in [-0.3, -0.25) is 14.9 Å². The molecule has 1 aliphatic heterocycles. The zero-order chi connectivity index (χ0) is 25.2. The Kier molecular flexibility index (Phi) is 6.29. The van der Waals surface area contributed by atoms with Crippen molar-refractivity contribution in [1.82, 2.24) is 14.9 Å². The van der Waals surface area contributed by atoms with Crippen molar-refractivity contribution < 1.29 is 14.7 Å². The first-order valence-electron chi connectivity index (χ1n) is 10.8. The van der Waals surface area contributed by atoms with Crippen molar-refractivity contribution in [2.24, 2.45) is 0 Å². The molecular weight excluding hydrogens is 498 g/mol. The Labute approximate surface area is 215 Å². The van der Waals surface area contributed by atoms with Gasteiger partial charge in [0.25, 0.3) is 11.8 Å². The minimum atomic E-state index is -1.14. The Bertz CT molecular complexity index is 1530. The molecule has 8 nitrogen and oxygen atoms in total. The van der Waals surface area contributed by atoms with Crippen molar-refractivity contribution in [2.75, 3.05) is 11.1 Å². The summed E-state index contributed by atoms with van der Waals surface area (Å²) < 4.78 is 0. The van der Waals surface area contributed by atoms with Gasteiger partial charge in [-0.25, -0.2) is 9.97 Å². The molecule has 1 atom stereocenters. The number of phenols is 1. The summed E-state index contributed by atoms with van der Waals surface area (Å²) in [7, 11) is 0. The van der Waals surface area contributed by atoms with Crippen LogP contribution in [0.2, 0.25) is 5.02 Å². The van der Waals surface area contributed by atoms with Crippen LogP contribution in [0.4, 0.5) is 10.9 Å². The number of anilines is 2. The van der Waals surface area contributed by atoms with Gasteiger partial charge < -0.3 is 15.7 Å². The Morgan fingerprint density at radius 1 is 1.14 bits per heavy atom. The number of carbonyl (C=O) groups excluding carboxylic acids is 2. The van der Waals surface area contributed by atoms with E-state index in [1.54, 1.807) is 36.0 Å². The van der Waals surface area contributed by atoms with Crippen LogP contribution in [0.1, 0.15) is 38.7 Å². The predicted molar refractivity (Wildman–Crippen MR) is 138 cm³/mol. The van der Waals surface area contributed by atoms with Gasteiger partial charge in [0.05, 0.1) is 0 Å². The molecule has 2 aromatic heterocycles. The zero-order valence-electron chi connectivity index (χ0n) is 18.6. The molecule has 1 unspecified atom stereocenters. The lowest BCUT2D eigenvalue weighted by molar-refractivity contribution is -0.120. The number of rotatable bonds is 4. The molecule has 1 aliphatic rings. The summed E-state index contributed by atoms with van der Waals surface area (Å²) in [5.74, 6) is 5.41. The largest absolute Gasteiger partial charge is 0.508 e. The molecule has 4 N–H and O–H groups in total. The van der Waals surface area contributed by atoms with Crippen molar-refractivity contribution in [3.05, 3.63) is 99.1 Å². The maximum atomic E-state index is 13.5. The number of halogens is 1. The van der Waals surface area contributed by atoms with Crippen LogP contribution in [0.15, 0.2) is 66.3 Å². The molecule has 0 saturated carbocycles. The molecule has 10 heteroatoms. The molecule has 0 radical (unpaired) electrons. The number of nitrogens with zero attached hydrogens (tertiary/aromatic N) is 3. The highest BCUT2D eigenvalue weighted by molar-refractivity contribution is 7.13. The SMILES string of the molecule is Nc1ccc(C#Cc2ccc3c(c2)C(=O)N(C(C(=O)Nc2nccs2)c2cc(Cl)ccc2O)C3)cn1. The van der Waals surface area contributed by atoms with Crippen molar-refractivity contribution in [3.63, 3.8) is 0 Å². The van der Waals surface area contributed by atoms with Crippen molar-refractivity contribution in [1.29, 1.82) is 0 Å². The van der Waals surface area contributed by atoms with Gasteiger partial charge in [0.1, 0.15) is 17.6 Å². The topological polar surface area (TPSA) is 121 Å². The monoisotopic (exact) mass is 515 g/mol. The van der Waals surface area contributed by atoms with Gasteiger partial charge in [-0.2, -0.15) is 0 Å². The van der Waals surface area contributed by atoms with E-state index in [-0.39, 0.29) is 23.8 Å². The van der Waals surface area contributed by atoms with Crippen molar-refractivity contribution in [3.8, 4) is 17.6 Å². The second kappa shape index (κ2) is 9.70. The third kappa shape index (κ3) is 4.73. The summed E-state index contributed by atoms with van der Waals surface area (Å²) in [5, 5.41) is 15.7. The summed E-state index contributed by atoms with van der Waals surface area (Å²) in [6.07, 6.45) is 3.14. The second-order valence-electron chi connectivity index (χ2n) is 7.96. The highest BCUT2D eigenvalue weighted by atomic mass is 35.5. The lowest BCUT2D eigenvalue weighted by Gasteiger charge is -2.27. The highest BCUT2D eigenvalue weighted by Crippen LogP contribution is 2.37. The van der Waals surface area contributed by atoms with E-state index in [2.05, 4.69) is 27.1 Å². The van der Waals surface area contributed by atoms with Gasteiger partial charge in [-0.05, 0) is 48.0 Å². The molecule has 36 heavy (non-hydrogen) atoms. The molecular formula is C26H18ClN5O3S. The lowest BCUT2D eigenvalue weighted by atomic mass is 10.0. The van der Waals surface area contributed by atoms with E-state index in [1.165, 1.54) is 34.4 Å². The molecule has 3 heterocycles. The normalized spacial score (nSPS) is 13.0. The first-order chi connectivity index (χ1) is 17.4. The van der Waals surface area contributed by atoms with Gasteiger partial charge in [-0.15, -0.1) is 11.3 Å². The van der Waals surface area contributed by atoms with Gasteiger partial charge >= 0.3 is 0 Å². The summed E-state index contributed by atoms with van der Waals surface area (Å²) >= 11 is 7.42. The van der Waals surface area contributed by atoms with Crippen molar-refractivity contribution in [2.45, 2.75) is 12.6 Å². The number of nitrogen functional groups attached to an aromatic ring is 1. The van der Waals surface area contributed by atoms with Gasteiger partial charge in [-0.1, -0.05) is 29.5 Å². The number of aromatic nitrogens is 2. The number of amides is 2. The molecule has 0 spiro atoms. The molecule has 5 rings (SSSR count). The summed E-state index contributed by atoms with van der Waals surface area (Å²) in [6, 6.07) is 12.0. The standard InChI is InChI=1S/C26H18ClN5O3S/c27-18-6-7-21(33)20(12-18)23(24(34)31-26-29-9-10-36-26)32-14-17-5-3-15(11-19(17)25(32)35)1-2-16-4-8-22(28)30-13-16/h3-13,23,33H,14H2,(H2,28,30)(H,29,31,34). The molecule has 2 amide bonds. The Morgan fingerprint density at radius 3 is 2.69 bits per heavy atom. The van der Waals surface area contributed by atoms with E-state index in [0.29, 0.717) is 32.7 Å². The zero-order valence-corrected chi connectivity index (χ0v) is 20.2. The Morgan fingerprint density at radius 2 is 1.94 bits per heavy atom. The average molecular weight is 516 g/mol. The first kappa shape index (κ1) is 23.4. The Balaban J connectivity index is 1.48. The average Bonchev–Trinajstić information content (AvgIpc) is 3.49. The quantitative estimate of drug-likeness (QED) is 0.350. The van der Waals surface area contributed by atoms with E-state index in [9.17, 15) is 14.7 Å². The van der Waals surface area contributed by atoms with E-state index < -0.39 is 11.9 Å². The fourth-order valence-electron chi connectivity index (χ4n) is 3.89. The number of hydrogen-bond acceptors (Lipinski definition) is 7. The number of benzene rings is 2. The highest BCUT2D eigenvalue weighted by Gasteiger charge is 2.39. The van der Waals surface area contributed by atoms with Crippen LogP contribution in [0.3, 0.4) is 0 Å². The maximum Gasteiger partial charge on any atom is 0.255 e. The van der Waals surface area contributed by atoms with Crippen LogP contribution < -0.4 is 11.1 Å². The van der Waals surface area contributed by atoms with E-state index in [4.69, 9.17) is 17.3 Å². The molecule has 178 valence electrons. The van der Waals surface area contributed by atoms with Crippen molar-refractivity contribution >= 4 is 45.7 Å². The Hall–Kier alpha value is -4.39. The molecule has 2 aromatic carbocycles. The number of phenolic OH excluding ortho intramolecular Hbond substituents is 1. The lowest BCUT2D eigenvalue weighted by Crippen LogP contribution is -2.37. The third-order valence-electron chi connectivity index (χ3n) is 5.59. The van der Waals surface area contributed by atoms with Crippen LogP contribution >= 0.6 is 22.9 Å². The number of fused-ring (bicyclic) bond motifs is 1. The van der Waals surface area contributed by atoms with Crippen LogP contribution in [-0.4, -0.2) is 31.8 Å². The molecule has 0 fully saturated rings. The minimum absolute atomic E-state index is 0.147. The third-order valence-corrected chi connectivity index (χ3v) is 6.51. The predicted octanol–water partition coefficient (Wildman–Crippen LogP) is 4.21. The minimum Gasteiger partial charge on any atom is -0.508 e. The summed E-state index contributed by atoms with van der Waals surface area (Å²) in [6.45, 7) is 0.172. The van der Waals surface area contributed by atoms with Gasteiger partial charge in [0.2, 0.25) is 0 Å². The van der Waals surface area contributed by atoms with Crippen LogP contribution in [0.5, 0.6) is 5.75 Å². The smallest absolute Gasteiger partial charge is 0.255 e. The van der Waals surface area contributed by atoms with Gasteiger partial charge in [0.15, 0.2) is 5.13 Å². The molecule has 4 aromatic rings. The second-order valence-corrected chi connectivity index (χ2v) is 9.29. The number of nitrogens with one attached hydrogen (secondary N) is 1. The number of thiazole rings is 1. The fraction of sp³-hybridized carbons (Fsp3) is 0.0769. The first-order valence-corrected chi connectivity index (χ1v) is 12.0. The van der Waals surface area contributed by atoms with Gasteiger partial charge in [0, 0.05) is 51.6 Å². The number of carbonyl (C=O) groups is 2.